The Hall–Kier alpha value is -2.67. The largest absolute Gasteiger partial charge is 0.375 e. The van der Waals surface area contributed by atoms with Crippen molar-refractivity contribution in [3.8, 4) is 0 Å². The molecule has 1 N–H and O–H groups in total. The molecule has 2 aromatic heterocycles. The summed E-state index contributed by atoms with van der Waals surface area (Å²) >= 11 is 1.34. The molecule has 3 aromatic rings. The average molecular weight is 425 g/mol. The predicted molar refractivity (Wildman–Crippen MR) is 123 cm³/mol. The third-order valence-electron chi connectivity index (χ3n) is 5.77. The summed E-state index contributed by atoms with van der Waals surface area (Å²) < 4.78 is 1.82. The van der Waals surface area contributed by atoms with Crippen molar-refractivity contribution in [2.75, 3.05) is 25.0 Å². The van der Waals surface area contributed by atoms with Gasteiger partial charge < -0.3 is 10.2 Å². The number of aromatic nitrogens is 2. The lowest BCUT2D eigenvalue weighted by atomic mass is 10.2. The molecule has 0 spiro atoms. The van der Waals surface area contributed by atoms with E-state index >= 15 is 0 Å². The van der Waals surface area contributed by atoms with Gasteiger partial charge in [0, 0.05) is 38.8 Å². The van der Waals surface area contributed by atoms with E-state index in [0.29, 0.717) is 21.6 Å². The Morgan fingerprint density at radius 3 is 2.83 bits per heavy atom. The van der Waals surface area contributed by atoms with E-state index in [-0.39, 0.29) is 11.5 Å². The second-order valence-electron chi connectivity index (χ2n) is 7.90. The Morgan fingerprint density at radius 1 is 1.23 bits per heavy atom. The highest BCUT2D eigenvalue weighted by molar-refractivity contribution is 7.20. The molecule has 6 nitrogen and oxygen atoms in total. The van der Waals surface area contributed by atoms with E-state index in [0.717, 1.165) is 62.3 Å². The van der Waals surface area contributed by atoms with Crippen LogP contribution in [-0.4, -0.2) is 35.6 Å². The van der Waals surface area contributed by atoms with E-state index in [9.17, 15) is 9.59 Å². The van der Waals surface area contributed by atoms with E-state index < -0.39 is 0 Å². The van der Waals surface area contributed by atoms with Crippen LogP contribution < -0.4 is 15.8 Å². The number of hydrogen-bond acceptors (Lipinski definition) is 5. The molecule has 0 atom stereocenters. The van der Waals surface area contributed by atoms with Crippen LogP contribution in [0.3, 0.4) is 0 Å². The normalized spacial score (nSPS) is 13.7. The number of fused-ring (bicyclic) bond motifs is 2. The summed E-state index contributed by atoms with van der Waals surface area (Å²) in [4.78, 5) is 34.1. The number of benzene rings is 1. The molecular formula is C23H28N4O2S. The number of carbonyl (C=O) groups is 1. The van der Waals surface area contributed by atoms with E-state index in [1.807, 2.05) is 29.7 Å². The van der Waals surface area contributed by atoms with Crippen LogP contribution in [0.2, 0.25) is 0 Å². The third-order valence-corrected chi connectivity index (χ3v) is 6.96. The minimum Gasteiger partial charge on any atom is -0.375 e. The molecule has 7 heteroatoms. The van der Waals surface area contributed by atoms with Crippen molar-refractivity contribution < 1.29 is 4.79 Å². The third kappa shape index (κ3) is 4.12. The molecule has 0 saturated carbocycles. The van der Waals surface area contributed by atoms with Crippen molar-refractivity contribution in [3.63, 3.8) is 0 Å². The second-order valence-corrected chi connectivity index (χ2v) is 8.90. The van der Waals surface area contributed by atoms with Gasteiger partial charge in [0.15, 0.2) is 0 Å². The fourth-order valence-electron chi connectivity index (χ4n) is 4.04. The number of para-hydroxylation sites is 1. The first-order chi connectivity index (χ1) is 14.6. The molecule has 158 valence electrons. The predicted octanol–water partition coefficient (Wildman–Crippen LogP) is 3.75. The Balaban J connectivity index is 1.44. The van der Waals surface area contributed by atoms with Gasteiger partial charge in [-0.1, -0.05) is 24.6 Å². The lowest BCUT2D eigenvalue weighted by Gasteiger charge is -2.19. The van der Waals surface area contributed by atoms with Crippen LogP contribution in [0.1, 0.15) is 46.7 Å². The summed E-state index contributed by atoms with van der Waals surface area (Å²) in [6.07, 6.45) is 4.87. The van der Waals surface area contributed by atoms with Gasteiger partial charge in [-0.25, -0.2) is 4.98 Å². The number of thiophene rings is 1. The van der Waals surface area contributed by atoms with Crippen molar-refractivity contribution >= 4 is 33.1 Å². The summed E-state index contributed by atoms with van der Waals surface area (Å²) in [6.45, 7) is 4.03. The molecule has 1 aliphatic rings. The van der Waals surface area contributed by atoms with Crippen molar-refractivity contribution in [2.24, 2.45) is 0 Å². The van der Waals surface area contributed by atoms with Gasteiger partial charge in [-0.15, -0.1) is 11.3 Å². The summed E-state index contributed by atoms with van der Waals surface area (Å²) in [7, 11) is 2.05. The summed E-state index contributed by atoms with van der Waals surface area (Å²) in [5.41, 5.74) is 1.93. The molecule has 0 bridgehead atoms. The van der Waals surface area contributed by atoms with Crippen molar-refractivity contribution in [3.05, 3.63) is 57.0 Å². The first-order valence-corrected chi connectivity index (χ1v) is 11.4. The van der Waals surface area contributed by atoms with Crippen molar-refractivity contribution in [2.45, 2.75) is 45.6 Å². The molecule has 0 fully saturated rings. The SMILES string of the molecule is Cc1c(C(=O)NCCCN(C)c2ccccc2)sc2nc3n(c(=O)c12)CCCCC3. The zero-order valence-electron chi connectivity index (χ0n) is 17.6. The Morgan fingerprint density at radius 2 is 2.03 bits per heavy atom. The monoisotopic (exact) mass is 424 g/mol. The van der Waals surface area contributed by atoms with E-state index in [4.69, 9.17) is 4.98 Å². The molecule has 1 aliphatic heterocycles. The summed E-state index contributed by atoms with van der Waals surface area (Å²) in [6, 6.07) is 10.2. The number of anilines is 1. The first kappa shape index (κ1) is 20.6. The number of hydrogen-bond donors (Lipinski definition) is 1. The second kappa shape index (κ2) is 9.00. The van der Waals surface area contributed by atoms with Gasteiger partial charge in [0.05, 0.1) is 10.3 Å². The van der Waals surface area contributed by atoms with Crippen LogP contribution in [0.4, 0.5) is 5.69 Å². The standard InChI is InChI=1S/C23H28N4O2S/c1-16-19-22(25-18-12-7-4-8-15-27(18)23(19)29)30-20(16)21(28)24-13-9-14-26(2)17-10-5-3-6-11-17/h3,5-6,10-11H,4,7-9,12-15H2,1-2H3,(H,24,28). The molecule has 0 unspecified atom stereocenters. The molecule has 0 aliphatic carbocycles. The zero-order valence-corrected chi connectivity index (χ0v) is 18.4. The molecule has 1 aromatic carbocycles. The lowest BCUT2D eigenvalue weighted by molar-refractivity contribution is 0.0957. The highest BCUT2D eigenvalue weighted by atomic mass is 32.1. The number of nitrogens with one attached hydrogen (secondary N) is 1. The highest BCUT2D eigenvalue weighted by Crippen LogP contribution is 2.28. The van der Waals surface area contributed by atoms with Crippen LogP contribution in [0, 0.1) is 6.92 Å². The Kier molecular flexibility index (Phi) is 6.18. The minimum absolute atomic E-state index is 0.00851. The van der Waals surface area contributed by atoms with Gasteiger partial charge in [0.1, 0.15) is 10.7 Å². The molecule has 30 heavy (non-hydrogen) atoms. The molecule has 3 heterocycles. The molecule has 1 amide bonds. The summed E-state index contributed by atoms with van der Waals surface area (Å²) in [5.74, 6) is 0.750. The summed E-state index contributed by atoms with van der Waals surface area (Å²) in [5, 5.41) is 3.63. The molecule has 4 rings (SSSR count). The highest BCUT2D eigenvalue weighted by Gasteiger charge is 2.22. The minimum atomic E-state index is -0.113. The van der Waals surface area contributed by atoms with Crippen LogP contribution in [0.15, 0.2) is 35.1 Å². The lowest BCUT2D eigenvalue weighted by Crippen LogP contribution is -2.28. The topological polar surface area (TPSA) is 67.2 Å². The van der Waals surface area contributed by atoms with Crippen LogP contribution in [0.25, 0.3) is 10.2 Å². The Bertz CT molecular complexity index is 1100. The number of aryl methyl sites for hydroxylation is 2. The number of nitrogens with zero attached hydrogens (tertiary/aromatic N) is 3. The van der Waals surface area contributed by atoms with E-state index in [1.54, 1.807) is 0 Å². The van der Waals surface area contributed by atoms with Crippen molar-refractivity contribution in [1.29, 1.82) is 0 Å². The van der Waals surface area contributed by atoms with E-state index in [1.165, 1.54) is 11.3 Å². The number of amides is 1. The number of carbonyl (C=O) groups excluding carboxylic acids is 1. The van der Waals surface area contributed by atoms with Crippen LogP contribution >= 0.6 is 11.3 Å². The van der Waals surface area contributed by atoms with Crippen molar-refractivity contribution in [1.82, 2.24) is 14.9 Å². The maximum atomic E-state index is 13.0. The van der Waals surface area contributed by atoms with E-state index in [2.05, 4.69) is 29.4 Å². The Labute approximate surface area is 180 Å². The zero-order chi connectivity index (χ0) is 21.1. The molecular weight excluding hydrogens is 396 g/mol. The maximum Gasteiger partial charge on any atom is 0.262 e. The maximum absolute atomic E-state index is 13.0. The number of rotatable bonds is 6. The quantitative estimate of drug-likeness (QED) is 0.612. The van der Waals surface area contributed by atoms with Crippen LogP contribution in [-0.2, 0) is 13.0 Å². The van der Waals surface area contributed by atoms with Gasteiger partial charge in [-0.3, -0.25) is 14.2 Å². The van der Waals surface area contributed by atoms with Gasteiger partial charge in [0.25, 0.3) is 11.5 Å². The van der Waals surface area contributed by atoms with Gasteiger partial charge >= 0.3 is 0 Å². The van der Waals surface area contributed by atoms with Crippen LogP contribution in [0.5, 0.6) is 0 Å². The molecule has 0 radical (unpaired) electrons. The smallest absolute Gasteiger partial charge is 0.262 e. The van der Waals surface area contributed by atoms with Gasteiger partial charge in [0.2, 0.25) is 0 Å². The first-order valence-electron chi connectivity index (χ1n) is 10.6. The fraction of sp³-hybridized carbons (Fsp3) is 0.435. The average Bonchev–Trinajstić information content (AvgIpc) is 2.92. The molecule has 0 saturated heterocycles. The van der Waals surface area contributed by atoms with Gasteiger partial charge in [-0.2, -0.15) is 0 Å². The van der Waals surface area contributed by atoms with Gasteiger partial charge in [-0.05, 0) is 43.9 Å². The fourth-order valence-corrected chi connectivity index (χ4v) is 5.14.